The van der Waals surface area contributed by atoms with Crippen LogP contribution >= 0.6 is 11.6 Å². The number of aromatic nitrogens is 3. The Morgan fingerprint density at radius 3 is 2.61 bits per heavy atom. The molecule has 9 nitrogen and oxygen atoms in total. The summed E-state index contributed by atoms with van der Waals surface area (Å²) in [6.45, 7) is 7.64. The Balaban J connectivity index is 1.73. The summed E-state index contributed by atoms with van der Waals surface area (Å²) < 4.78 is 6.05. The molecule has 2 atom stereocenters. The lowest BCUT2D eigenvalue weighted by molar-refractivity contribution is 0.0203. The summed E-state index contributed by atoms with van der Waals surface area (Å²) in [6.07, 6.45) is 2.54. The SMILES string of the molecule is CCCOC1CN(c2cc(C(=O)O)c(CC)[nH]2)CCC1NC(=O)c1nc(Cl)c(CC)[nH]1. The minimum atomic E-state index is -0.941. The first kappa shape index (κ1) is 23.1. The zero-order valence-electron chi connectivity index (χ0n) is 18.1. The molecule has 0 spiro atoms. The summed E-state index contributed by atoms with van der Waals surface area (Å²) >= 11 is 6.07. The van der Waals surface area contributed by atoms with Crippen LogP contribution in [0.15, 0.2) is 6.07 Å². The summed E-state index contributed by atoms with van der Waals surface area (Å²) in [7, 11) is 0. The third kappa shape index (κ3) is 5.22. The molecule has 31 heavy (non-hydrogen) atoms. The van der Waals surface area contributed by atoms with E-state index in [1.807, 2.05) is 20.8 Å². The second kappa shape index (κ2) is 10.2. The largest absolute Gasteiger partial charge is 0.478 e. The Morgan fingerprint density at radius 1 is 1.29 bits per heavy atom. The predicted octanol–water partition coefficient (Wildman–Crippen LogP) is 3.02. The lowest BCUT2D eigenvalue weighted by Crippen LogP contribution is -2.55. The number of carboxylic acids is 1. The molecule has 0 aromatic carbocycles. The van der Waals surface area contributed by atoms with E-state index in [2.05, 4.69) is 25.2 Å². The number of aromatic amines is 2. The summed E-state index contributed by atoms with van der Waals surface area (Å²) in [5, 5.41) is 12.8. The minimum Gasteiger partial charge on any atom is -0.478 e. The van der Waals surface area contributed by atoms with Gasteiger partial charge in [0.25, 0.3) is 5.91 Å². The smallest absolute Gasteiger partial charge is 0.337 e. The molecule has 10 heteroatoms. The molecule has 1 amide bonds. The number of carbonyl (C=O) groups is 2. The first-order valence-corrected chi connectivity index (χ1v) is 11.1. The number of nitrogens with one attached hydrogen (secondary N) is 3. The fraction of sp³-hybridized carbons (Fsp3) is 0.571. The van der Waals surface area contributed by atoms with Crippen LogP contribution in [-0.2, 0) is 17.6 Å². The van der Waals surface area contributed by atoms with Gasteiger partial charge in [0.05, 0.1) is 23.4 Å². The van der Waals surface area contributed by atoms with Gasteiger partial charge < -0.3 is 30.0 Å². The van der Waals surface area contributed by atoms with Gasteiger partial charge in [-0.1, -0.05) is 32.4 Å². The van der Waals surface area contributed by atoms with Gasteiger partial charge >= 0.3 is 5.97 Å². The van der Waals surface area contributed by atoms with Crippen LogP contribution in [0.3, 0.4) is 0 Å². The first-order valence-electron chi connectivity index (χ1n) is 10.7. The van der Waals surface area contributed by atoms with E-state index in [0.29, 0.717) is 55.4 Å². The van der Waals surface area contributed by atoms with Crippen molar-refractivity contribution in [3.05, 3.63) is 34.0 Å². The molecule has 3 rings (SSSR count). The highest BCUT2D eigenvalue weighted by molar-refractivity contribution is 6.30. The van der Waals surface area contributed by atoms with E-state index in [9.17, 15) is 14.7 Å². The maximum atomic E-state index is 12.7. The molecule has 1 aliphatic heterocycles. The minimum absolute atomic E-state index is 0.191. The van der Waals surface area contributed by atoms with Gasteiger partial charge in [0, 0.05) is 25.4 Å². The summed E-state index contributed by atoms with van der Waals surface area (Å²) in [5.74, 6) is -0.300. The molecular weight excluding hydrogens is 422 g/mol. The molecule has 0 radical (unpaired) electrons. The molecule has 0 aliphatic carbocycles. The standard InChI is InChI=1S/C21H30ClN5O4/c1-4-9-31-16-11-27(17-10-12(21(29)30)13(5-2)23-17)8-7-15(16)25-20(28)19-24-14(6-3)18(22)26-19/h10,15-16,23H,4-9,11H2,1-3H3,(H,24,26)(H,25,28)(H,29,30). The molecule has 1 aliphatic rings. The second-order valence-corrected chi connectivity index (χ2v) is 8.00. The number of imidazole rings is 1. The monoisotopic (exact) mass is 451 g/mol. The van der Waals surface area contributed by atoms with Crippen molar-refractivity contribution in [1.82, 2.24) is 20.3 Å². The number of amides is 1. The van der Waals surface area contributed by atoms with E-state index in [4.69, 9.17) is 16.3 Å². The van der Waals surface area contributed by atoms with Crippen LogP contribution < -0.4 is 10.2 Å². The van der Waals surface area contributed by atoms with Gasteiger partial charge in [-0.15, -0.1) is 0 Å². The van der Waals surface area contributed by atoms with Crippen molar-refractivity contribution in [2.45, 2.75) is 58.6 Å². The molecule has 0 bridgehead atoms. The topological polar surface area (TPSA) is 123 Å². The number of ether oxygens (including phenoxy) is 1. The molecule has 1 fully saturated rings. The van der Waals surface area contributed by atoms with Crippen molar-refractivity contribution >= 4 is 29.3 Å². The number of aryl methyl sites for hydroxylation is 2. The second-order valence-electron chi connectivity index (χ2n) is 7.64. The number of rotatable bonds is 9. The molecule has 1 saturated heterocycles. The number of H-pyrrole nitrogens is 2. The average Bonchev–Trinajstić information content (AvgIpc) is 3.36. The van der Waals surface area contributed by atoms with Gasteiger partial charge in [-0.05, 0) is 31.7 Å². The Hall–Kier alpha value is -2.52. The van der Waals surface area contributed by atoms with Crippen LogP contribution in [0.4, 0.5) is 5.82 Å². The van der Waals surface area contributed by atoms with E-state index < -0.39 is 5.97 Å². The third-order valence-electron chi connectivity index (χ3n) is 5.52. The van der Waals surface area contributed by atoms with Crippen LogP contribution in [-0.4, -0.2) is 63.8 Å². The summed E-state index contributed by atoms with van der Waals surface area (Å²) in [5.41, 5.74) is 1.72. The van der Waals surface area contributed by atoms with Crippen LogP contribution in [0.5, 0.6) is 0 Å². The predicted molar refractivity (Wildman–Crippen MR) is 118 cm³/mol. The molecular formula is C21H30ClN5O4. The molecule has 2 aromatic rings. The number of hydrogen-bond donors (Lipinski definition) is 4. The number of nitrogens with zero attached hydrogens (tertiary/aromatic N) is 2. The van der Waals surface area contributed by atoms with Crippen LogP contribution in [0.2, 0.25) is 5.15 Å². The van der Waals surface area contributed by atoms with Gasteiger partial charge in [0.2, 0.25) is 0 Å². The summed E-state index contributed by atoms with van der Waals surface area (Å²) in [6, 6.07) is 1.48. The maximum absolute atomic E-state index is 12.7. The molecule has 2 unspecified atom stereocenters. The number of carbonyl (C=O) groups excluding carboxylic acids is 1. The van der Waals surface area contributed by atoms with Gasteiger partial charge in [-0.25, -0.2) is 9.78 Å². The molecule has 170 valence electrons. The Bertz CT molecular complexity index is 925. The van der Waals surface area contributed by atoms with Crippen molar-refractivity contribution in [3.63, 3.8) is 0 Å². The summed E-state index contributed by atoms with van der Waals surface area (Å²) in [4.78, 5) is 36.6. The number of piperidine rings is 1. The lowest BCUT2D eigenvalue weighted by Gasteiger charge is -2.39. The Morgan fingerprint density at radius 2 is 2.03 bits per heavy atom. The van der Waals surface area contributed by atoms with E-state index in [1.165, 1.54) is 0 Å². The normalized spacial score (nSPS) is 18.9. The first-order chi connectivity index (χ1) is 14.9. The molecule has 0 saturated carbocycles. The van der Waals surface area contributed by atoms with Crippen molar-refractivity contribution in [2.75, 3.05) is 24.6 Å². The van der Waals surface area contributed by atoms with Gasteiger partial charge in [-0.3, -0.25) is 4.79 Å². The zero-order valence-corrected chi connectivity index (χ0v) is 18.9. The van der Waals surface area contributed by atoms with E-state index in [-0.39, 0.29) is 23.9 Å². The van der Waals surface area contributed by atoms with Crippen LogP contribution in [0.1, 0.15) is 66.0 Å². The highest BCUT2D eigenvalue weighted by Crippen LogP contribution is 2.25. The van der Waals surface area contributed by atoms with Crippen molar-refractivity contribution < 1.29 is 19.4 Å². The Labute approximate surface area is 186 Å². The molecule has 4 N–H and O–H groups in total. The van der Waals surface area contributed by atoms with Crippen LogP contribution in [0, 0.1) is 0 Å². The number of halogens is 1. The number of anilines is 1. The Kier molecular flexibility index (Phi) is 7.61. The van der Waals surface area contributed by atoms with E-state index in [0.717, 1.165) is 17.9 Å². The maximum Gasteiger partial charge on any atom is 0.337 e. The zero-order chi connectivity index (χ0) is 22.5. The molecule has 3 heterocycles. The third-order valence-corrected chi connectivity index (χ3v) is 5.83. The number of hydrogen-bond acceptors (Lipinski definition) is 5. The fourth-order valence-corrected chi connectivity index (χ4v) is 4.09. The average molecular weight is 452 g/mol. The van der Waals surface area contributed by atoms with Crippen molar-refractivity contribution in [1.29, 1.82) is 0 Å². The van der Waals surface area contributed by atoms with E-state index >= 15 is 0 Å². The van der Waals surface area contributed by atoms with Gasteiger partial charge in [0.1, 0.15) is 5.82 Å². The molecule has 2 aromatic heterocycles. The van der Waals surface area contributed by atoms with Crippen molar-refractivity contribution in [2.24, 2.45) is 0 Å². The van der Waals surface area contributed by atoms with Gasteiger partial charge in [0.15, 0.2) is 11.0 Å². The van der Waals surface area contributed by atoms with E-state index in [1.54, 1.807) is 6.07 Å². The van der Waals surface area contributed by atoms with Crippen LogP contribution in [0.25, 0.3) is 0 Å². The number of aromatic carboxylic acids is 1. The highest BCUT2D eigenvalue weighted by atomic mass is 35.5. The number of carboxylic acid groups (broad SMARTS) is 1. The highest BCUT2D eigenvalue weighted by Gasteiger charge is 2.33. The lowest BCUT2D eigenvalue weighted by atomic mass is 10.0. The fourth-order valence-electron chi connectivity index (χ4n) is 3.83. The quantitative estimate of drug-likeness (QED) is 0.464. The van der Waals surface area contributed by atoms with Gasteiger partial charge in [-0.2, -0.15) is 0 Å². The van der Waals surface area contributed by atoms with Crippen molar-refractivity contribution in [3.8, 4) is 0 Å².